The van der Waals surface area contributed by atoms with Gasteiger partial charge in [-0.05, 0) is 67.1 Å². The van der Waals surface area contributed by atoms with E-state index in [2.05, 4.69) is 12.2 Å². The Morgan fingerprint density at radius 3 is 2.90 bits per heavy atom. The number of phenolic OH excluding ortho intramolecular Hbond substituents is 1. The molecule has 0 bridgehead atoms. The van der Waals surface area contributed by atoms with Crippen molar-refractivity contribution < 1.29 is 9.50 Å². The molecule has 1 aliphatic rings. The van der Waals surface area contributed by atoms with Crippen molar-refractivity contribution in [3.63, 3.8) is 0 Å². The maximum absolute atomic E-state index is 13.3. The van der Waals surface area contributed by atoms with Gasteiger partial charge in [-0.15, -0.1) is 0 Å². The summed E-state index contributed by atoms with van der Waals surface area (Å²) in [6, 6.07) is 12.7. The highest BCUT2D eigenvalue weighted by molar-refractivity contribution is 5.38. The van der Waals surface area contributed by atoms with Crippen LogP contribution in [0.2, 0.25) is 0 Å². The minimum absolute atomic E-state index is 0.0884. The van der Waals surface area contributed by atoms with E-state index in [0.29, 0.717) is 5.75 Å². The van der Waals surface area contributed by atoms with Gasteiger partial charge >= 0.3 is 0 Å². The molecule has 21 heavy (non-hydrogen) atoms. The van der Waals surface area contributed by atoms with Gasteiger partial charge in [0.05, 0.1) is 0 Å². The molecule has 2 atom stereocenters. The van der Waals surface area contributed by atoms with Gasteiger partial charge in [0.2, 0.25) is 0 Å². The van der Waals surface area contributed by atoms with E-state index >= 15 is 0 Å². The zero-order chi connectivity index (χ0) is 14.8. The number of aromatic hydroxyl groups is 1. The van der Waals surface area contributed by atoms with Crippen molar-refractivity contribution in [3.05, 3.63) is 65.0 Å². The molecular weight excluding hydrogens is 265 g/mol. The fraction of sp³-hybridized carbons (Fsp3) is 0.333. The van der Waals surface area contributed by atoms with Crippen molar-refractivity contribution in [3.8, 4) is 5.75 Å². The summed E-state index contributed by atoms with van der Waals surface area (Å²) >= 11 is 0. The van der Waals surface area contributed by atoms with E-state index < -0.39 is 0 Å². The minimum Gasteiger partial charge on any atom is -0.508 e. The summed E-state index contributed by atoms with van der Waals surface area (Å²) in [5, 5.41) is 13.2. The van der Waals surface area contributed by atoms with Gasteiger partial charge in [-0.3, -0.25) is 0 Å². The third-order valence-electron chi connectivity index (χ3n) is 4.24. The largest absolute Gasteiger partial charge is 0.508 e. The van der Waals surface area contributed by atoms with Crippen molar-refractivity contribution in [1.82, 2.24) is 5.32 Å². The molecule has 0 radical (unpaired) electrons. The molecule has 0 aromatic heterocycles. The van der Waals surface area contributed by atoms with Gasteiger partial charge in [-0.2, -0.15) is 0 Å². The molecule has 0 aliphatic heterocycles. The second kappa shape index (κ2) is 5.86. The first-order chi connectivity index (χ1) is 10.1. The Morgan fingerprint density at radius 2 is 2.10 bits per heavy atom. The summed E-state index contributed by atoms with van der Waals surface area (Å²) in [6.45, 7) is 2.06. The lowest BCUT2D eigenvalue weighted by atomic mass is 9.87. The number of halogens is 1. The van der Waals surface area contributed by atoms with Crippen LogP contribution in [0.15, 0.2) is 42.5 Å². The van der Waals surface area contributed by atoms with Crippen LogP contribution in [0.4, 0.5) is 4.39 Å². The smallest absolute Gasteiger partial charge is 0.123 e. The molecular formula is C18H20FNO. The highest BCUT2D eigenvalue weighted by atomic mass is 19.1. The number of benzene rings is 2. The molecule has 0 amide bonds. The Kier molecular flexibility index (Phi) is 3.93. The van der Waals surface area contributed by atoms with Gasteiger partial charge in [-0.1, -0.05) is 18.2 Å². The van der Waals surface area contributed by atoms with E-state index in [1.165, 1.54) is 17.2 Å². The Balaban J connectivity index is 1.80. The molecule has 1 aliphatic carbocycles. The van der Waals surface area contributed by atoms with Crippen LogP contribution in [0.25, 0.3) is 0 Å². The molecule has 2 aromatic carbocycles. The van der Waals surface area contributed by atoms with E-state index in [9.17, 15) is 9.50 Å². The lowest BCUT2D eigenvalue weighted by Gasteiger charge is -2.29. The van der Waals surface area contributed by atoms with Crippen LogP contribution in [-0.4, -0.2) is 5.11 Å². The fourth-order valence-corrected chi connectivity index (χ4v) is 3.15. The van der Waals surface area contributed by atoms with Crippen LogP contribution in [0, 0.1) is 5.82 Å². The third kappa shape index (κ3) is 3.08. The Hall–Kier alpha value is -1.87. The average Bonchev–Trinajstić information content (AvgIpc) is 2.47. The average molecular weight is 285 g/mol. The summed E-state index contributed by atoms with van der Waals surface area (Å²) in [5.74, 6) is 0.127. The summed E-state index contributed by atoms with van der Waals surface area (Å²) in [5.41, 5.74) is 3.42. The van der Waals surface area contributed by atoms with Crippen molar-refractivity contribution >= 4 is 0 Å². The summed E-state index contributed by atoms with van der Waals surface area (Å²) in [6.07, 6.45) is 3.18. The number of nitrogens with one attached hydrogen (secondary N) is 1. The standard InChI is InChI=1S/C18H20FNO/c1-12(13-4-2-6-15(19)10-13)20-18-7-3-5-14-11-16(21)8-9-17(14)18/h2,4,6,8-12,18,20-21H,3,5,7H2,1H3/t12-,18?/m0/s1. The van der Waals surface area contributed by atoms with E-state index in [1.54, 1.807) is 18.2 Å². The summed E-state index contributed by atoms with van der Waals surface area (Å²) in [4.78, 5) is 0. The van der Waals surface area contributed by atoms with Crippen LogP contribution in [-0.2, 0) is 6.42 Å². The monoisotopic (exact) mass is 285 g/mol. The van der Waals surface area contributed by atoms with E-state index in [-0.39, 0.29) is 17.9 Å². The molecule has 2 N–H and O–H groups in total. The first-order valence-electron chi connectivity index (χ1n) is 7.47. The number of phenols is 1. The van der Waals surface area contributed by atoms with Gasteiger partial charge in [0, 0.05) is 12.1 Å². The summed E-state index contributed by atoms with van der Waals surface area (Å²) in [7, 11) is 0. The van der Waals surface area contributed by atoms with Crippen LogP contribution >= 0.6 is 0 Å². The van der Waals surface area contributed by atoms with Crippen LogP contribution in [0.5, 0.6) is 5.75 Å². The quantitative estimate of drug-likeness (QED) is 0.883. The lowest BCUT2D eigenvalue weighted by Crippen LogP contribution is -2.27. The number of hydrogen-bond donors (Lipinski definition) is 2. The van der Waals surface area contributed by atoms with Gasteiger partial charge in [0.15, 0.2) is 0 Å². The number of aryl methyl sites for hydroxylation is 1. The number of rotatable bonds is 3. The van der Waals surface area contributed by atoms with Gasteiger partial charge in [0.25, 0.3) is 0 Å². The van der Waals surface area contributed by atoms with E-state index in [1.807, 2.05) is 18.2 Å². The molecule has 2 nitrogen and oxygen atoms in total. The first kappa shape index (κ1) is 14.1. The molecule has 0 fully saturated rings. The molecule has 3 rings (SSSR count). The van der Waals surface area contributed by atoms with Crippen LogP contribution < -0.4 is 5.32 Å². The lowest BCUT2D eigenvalue weighted by molar-refractivity contribution is 0.412. The summed E-state index contributed by atoms with van der Waals surface area (Å²) < 4.78 is 13.3. The molecule has 3 heteroatoms. The second-order valence-electron chi connectivity index (χ2n) is 5.77. The molecule has 1 unspecified atom stereocenters. The topological polar surface area (TPSA) is 32.3 Å². The number of fused-ring (bicyclic) bond motifs is 1. The zero-order valence-electron chi connectivity index (χ0n) is 12.1. The van der Waals surface area contributed by atoms with E-state index in [4.69, 9.17) is 0 Å². The molecule has 0 heterocycles. The van der Waals surface area contributed by atoms with E-state index in [0.717, 1.165) is 24.8 Å². The third-order valence-corrected chi connectivity index (χ3v) is 4.24. The highest BCUT2D eigenvalue weighted by Gasteiger charge is 2.22. The molecule has 110 valence electrons. The maximum Gasteiger partial charge on any atom is 0.123 e. The predicted molar refractivity (Wildman–Crippen MR) is 81.7 cm³/mol. The second-order valence-corrected chi connectivity index (χ2v) is 5.77. The highest BCUT2D eigenvalue weighted by Crippen LogP contribution is 2.33. The Morgan fingerprint density at radius 1 is 1.24 bits per heavy atom. The predicted octanol–water partition coefficient (Wildman–Crippen LogP) is 4.26. The van der Waals surface area contributed by atoms with Gasteiger partial charge in [-0.25, -0.2) is 4.39 Å². The normalized spacial score (nSPS) is 19.0. The minimum atomic E-state index is -0.199. The Labute approximate surface area is 124 Å². The van der Waals surface area contributed by atoms with Crippen molar-refractivity contribution in [2.75, 3.05) is 0 Å². The Bertz CT molecular complexity index is 641. The van der Waals surface area contributed by atoms with Crippen molar-refractivity contribution in [2.45, 2.75) is 38.3 Å². The maximum atomic E-state index is 13.3. The molecule has 0 saturated carbocycles. The number of hydrogen-bond acceptors (Lipinski definition) is 2. The van der Waals surface area contributed by atoms with Crippen LogP contribution in [0.3, 0.4) is 0 Å². The molecule has 0 spiro atoms. The van der Waals surface area contributed by atoms with Crippen molar-refractivity contribution in [1.29, 1.82) is 0 Å². The zero-order valence-corrected chi connectivity index (χ0v) is 12.1. The SMILES string of the molecule is C[C@H](NC1CCCc2cc(O)ccc21)c1cccc(F)c1. The van der Waals surface area contributed by atoms with Gasteiger partial charge in [0.1, 0.15) is 11.6 Å². The van der Waals surface area contributed by atoms with Crippen LogP contribution in [0.1, 0.15) is 48.5 Å². The van der Waals surface area contributed by atoms with Gasteiger partial charge < -0.3 is 10.4 Å². The molecule has 2 aromatic rings. The van der Waals surface area contributed by atoms with Crippen molar-refractivity contribution in [2.24, 2.45) is 0 Å². The molecule has 0 saturated heterocycles. The fourth-order valence-electron chi connectivity index (χ4n) is 3.15. The first-order valence-corrected chi connectivity index (χ1v) is 7.47.